The van der Waals surface area contributed by atoms with Crippen LogP contribution < -0.4 is 11.1 Å². The Morgan fingerprint density at radius 2 is 1.87 bits per heavy atom. The molecular weight excluding hydrogens is 212 g/mol. The van der Waals surface area contributed by atoms with Crippen LogP contribution in [0.5, 0.6) is 0 Å². The van der Waals surface area contributed by atoms with Gasteiger partial charge in [-0.25, -0.2) is 0 Å². The Kier molecular flexibility index (Phi) is 10.3. The lowest BCUT2D eigenvalue weighted by atomic mass is 9.90. The number of nitrogens with two attached hydrogens (primary N) is 1. The van der Waals surface area contributed by atoms with Crippen LogP contribution >= 0.6 is 12.4 Å². The van der Waals surface area contributed by atoms with Gasteiger partial charge in [-0.3, -0.25) is 4.79 Å². The highest BCUT2D eigenvalue weighted by molar-refractivity contribution is 5.85. The zero-order valence-electron chi connectivity index (χ0n) is 10.1. The molecule has 0 rings (SSSR count). The second-order valence-electron chi connectivity index (χ2n) is 4.91. The third-order valence-electron chi connectivity index (χ3n) is 2.03. The van der Waals surface area contributed by atoms with Crippen LogP contribution in [0.3, 0.4) is 0 Å². The highest BCUT2D eigenvalue weighted by Gasteiger charge is 2.10. The SMILES string of the molecule is CC(C)(C)CCCC(=O)NCCCN.Cl. The topological polar surface area (TPSA) is 55.1 Å². The lowest BCUT2D eigenvalue weighted by molar-refractivity contribution is -0.121. The fourth-order valence-electron chi connectivity index (χ4n) is 1.20. The minimum absolute atomic E-state index is 0. The molecule has 0 atom stereocenters. The van der Waals surface area contributed by atoms with Crippen LogP contribution in [0.2, 0.25) is 0 Å². The second kappa shape index (κ2) is 8.98. The van der Waals surface area contributed by atoms with Crippen LogP contribution in [-0.2, 0) is 4.79 Å². The van der Waals surface area contributed by atoms with Crippen molar-refractivity contribution >= 4 is 18.3 Å². The summed E-state index contributed by atoms with van der Waals surface area (Å²) in [6, 6.07) is 0. The summed E-state index contributed by atoms with van der Waals surface area (Å²) >= 11 is 0. The van der Waals surface area contributed by atoms with Gasteiger partial charge in [-0.2, -0.15) is 0 Å². The first-order chi connectivity index (χ1) is 6.45. The van der Waals surface area contributed by atoms with Crippen molar-refractivity contribution in [1.82, 2.24) is 5.32 Å². The molecular formula is C11H25ClN2O. The van der Waals surface area contributed by atoms with Crippen LogP contribution in [-0.4, -0.2) is 19.0 Å². The normalized spacial score (nSPS) is 10.7. The Morgan fingerprint density at radius 1 is 1.27 bits per heavy atom. The summed E-state index contributed by atoms with van der Waals surface area (Å²) < 4.78 is 0. The van der Waals surface area contributed by atoms with E-state index >= 15 is 0 Å². The van der Waals surface area contributed by atoms with E-state index in [4.69, 9.17) is 5.73 Å². The van der Waals surface area contributed by atoms with Gasteiger partial charge in [0.15, 0.2) is 0 Å². The van der Waals surface area contributed by atoms with E-state index in [1.54, 1.807) is 0 Å². The van der Waals surface area contributed by atoms with Gasteiger partial charge in [0.25, 0.3) is 0 Å². The maximum absolute atomic E-state index is 11.3. The van der Waals surface area contributed by atoms with E-state index in [9.17, 15) is 4.79 Å². The first-order valence-corrected chi connectivity index (χ1v) is 5.42. The van der Waals surface area contributed by atoms with E-state index in [2.05, 4.69) is 26.1 Å². The van der Waals surface area contributed by atoms with Gasteiger partial charge in [-0.1, -0.05) is 20.8 Å². The van der Waals surface area contributed by atoms with Crippen molar-refractivity contribution < 1.29 is 4.79 Å². The Morgan fingerprint density at radius 3 is 2.33 bits per heavy atom. The third kappa shape index (κ3) is 13.7. The smallest absolute Gasteiger partial charge is 0.219 e. The Balaban J connectivity index is 0. The highest BCUT2D eigenvalue weighted by atomic mass is 35.5. The predicted molar refractivity (Wildman–Crippen MR) is 67.2 cm³/mol. The molecule has 0 spiro atoms. The highest BCUT2D eigenvalue weighted by Crippen LogP contribution is 2.21. The van der Waals surface area contributed by atoms with Crippen molar-refractivity contribution in [3.05, 3.63) is 0 Å². The Bertz CT molecular complexity index is 166. The van der Waals surface area contributed by atoms with Gasteiger partial charge >= 0.3 is 0 Å². The zero-order valence-corrected chi connectivity index (χ0v) is 11.0. The quantitative estimate of drug-likeness (QED) is 0.694. The van der Waals surface area contributed by atoms with Crippen LogP contribution in [0, 0.1) is 5.41 Å². The number of carbonyl (C=O) groups is 1. The number of rotatable bonds is 6. The summed E-state index contributed by atoms with van der Waals surface area (Å²) in [6.07, 6.45) is 3.57. The molecule has 0 saturated heterocycles. The molecule has 0 radical (unpaired) electrons. The average Bonchev–Trinajstić information content (AvgIpc) is 2.02. The van der Waals surface area contributed by atoms with E-state index in [0.717, 1.165) is 19.3 Å². The molecule has 0 unspecified atom stereocenters. The molecule has 0 aliphatic carbocycles. The first kappa shape index (κ1) is 17.1. The molecule has 4 heteroatoms. The van der Waals surface area contributed by atoms with Crippen molar-refractivity contribution in [3.8, 4) is 0 Å². The van der Waals surface area contributed by atoms with Crippen molar-refractivity contribution in [1.29, 1.82) is 0 Å². The maximum Gasteiger partial charge on any atom is 0.219 e. The number of halogens is 1. The van der Waals surface area contributed by atoms with E-state index < -0.39 is 0 Å². The van der Waals surface area contributed by atoms with Crippen molar-refractivity contribution in [2.24, 2.45) is 11.1 Å². The molecule has 3 N–H and O–H groups in total. The number of nitrogens with one attached hydrogen (secondary N) is 1. The second-order valence-corrected chi connectivity index (χ2v) is 4.91. The molecule has 15 heavy (non-hydrogen) atoms. The molecule has 0 saturated carbocycles. The van der Waals surface area contributed by atoms with Gasteiger partial charge in [0.1, 0.15) is 0 Å². The fraction of sp³-hybridized carbons (Fsp3) is 0.909. The number of hydrogen-bond donors (Lipinski definition) is 2. The molecule has 0 aromatic rings. The molecule has 0 bridgehead atoms. The van der Waals surface area contributed by atoms with E-state index in [-0.39, 0.29) is 18.3 Å². The van der Waals surface area contributed by atoms with E-state index in [1.807, 2.05) is 0 Å². The summed E-state index contributed by atoms with van der Waals surface area (Å²) in [7, 11) is 0. The summed E-state index contributed by atoms with van der Waals surface area (Å²) in [6.45, 7) is 7.94. The van der Waals surface area contributed by atoms with Gasteiger partial charge in [0.05, 0.1) is 0 Å². The van der Waals surface area contributed by atoms with Crippen molar-refractivity contribution in [2.75, 3.05) is 13.1 Å². The molecule has 0 aromatic carbocycles. The summed E-state index contributed by atoms with van der Waals surface area (Å²) in [5.74, 6) is 0.155. The van der Waals surface area contributed by atoms with Gasteiger partial charge in [0, 0.05) is 13.0 Å². The molecule has 0 aliphatic heterocycles. The van der Waals surface area contributed by atoms with Gasteiger partial charge < -0.3 is 11.1 Å². The van der Waals surface area contributed by atoms with Crippen molar-refractivity contribution in [3.63, 3.8) is 0 Å². The average molecular weight is 237 g/mol. The molecule has 0 aromatic heterocycles. The van der Waals surface area contributed by atoms with Crippen molar-refractivity contribution in [2.45, 2.75) is 46.5 Å². The maximum atomic E-state index is 11.3. The van der Waals surface area contributed by atoms with Gasteiger partial charge in [-0.05, 0) is 31.2 Å². The minimum Gasteiger partial charge on any atom is -0.356 e. The van der Waals surface area contributed by atoms with E-state index in [0.29, 0.717) is 24.9 Å². The first-order valence-electron chi connectivity index (χ1n) is 5.42. The predicted octanol–water partition coefficient (Wildman–Crippen LogP) is 2.09. The molecule has 3 nitrogen and oxygen atoms in total. The van der Waals surface area contributed by atoms with Gasteiger partial charge in [-0.15, -0.1) is 12.4 Å². The zero-order chi connectivity index (χ0) is 11.0. The molecule has 1 amide bonds. The molecule has 92 valence electrons. The number of amides is 1. The molecule has 0 heterocycles. The number of hydrogen-bond acceptors (Lipinski definition) is 2. The number of carbonyl (C=O) groups excluding carboxylic acids is 1. The fourth-order valence-corrected chi connectivity index (χ4v) is 1.20. The van der Waals surface area contributed by atoms with Gasteiger partial charge in [0.2, 0.25) is 5.91 Å². The van der Waals surface area contributed by atoms with Crippen LogP contribution in [0.15, 0.2) is 0 Å². The summed E-state index contributed by atoms with van der Waals surface area (Å²) in [5.41, 5.74) is 5.65. The lowest BCUT2D eigenvalue weighted by Gasteiger charge is -2.17. The standard InChI is InChI=1S/C11H24N2O.ClH/c1-11(2,3)7-4-6-10(14)13-9-5-8-12;/h4-9,12H2,1-3H3,(H,13,14);1H. The monoisotopic (exact) mass is 236 g/mol. The van der Waals surface area contributed by atoms with Crippen LogP contribution in [0.25, 0.3) is 0 Å². The summed E-state index contributed by atoms with van der Waals surface area (Å²) in [4.78, 5) is 11.3. The molecule has 0 aliphatic rings. The minimum atomic E-state index is 0. The Labute approximate surface area is 99.6 Å². The van der Waals surface area contributed by atoms with Crippen LogP contribution in [0.4, 0.5) is 0 Å². The van der Waals surface area contributed by atoms with E-state index in [1.165, 1.54) is 0 Å². The largest absolute Gasteiger partial charge is 0.356 e. The van der Waals surface area contributed by atoms with Crippen LogP contribution in [0.1, 0.15) is 46.5 Å². The lowest BCUT2D eigenvalue weighted by Crippen LogP contribution is -2.25. The molecule has 0 fully saturated rings. The Hall–Kier alpha value is -0.280. The summed E-state index contributed by atoms with van der Waals surface area (Å²) in [5, 5.41) is 2.85. The third-order valence-corrected chi connectivity index (χ3v) is 2.03.